The minimum Gasteiger partial charge on any atom is -0.370 e. The van der Waals surface area contributed by atoms with Crippen molar-refractivity contribution in [3.63, 3.8) is 0 Å². The second kappa shape index (κ2) is 4.27. The molecule has 1 amide bonds. The molecule has 0 heterocycles. The monoisotopic (exact) mass is 186 g/mol. The average Bonchev–Trinajstić information content (AvgIpc) is 1.84. The first kappa shape index (κ1) is 11.2. The Balaban J connectivity index is 3.51. The van der Waals surface area contributed by atoms with E-state index < -0.39 is 31.3 Å². The number of rotatable bonds is 4. The van der Waals surface area contributed by atoms with Crippen molar-refractivity contribution in [1.82, 2.24) is 0 Å². The molecule has 0 aromatic rings. The second-order valence-corrected chi connectivity index (χ2v) is 2.14. The molecule has 0 rings (SSSR count). The van der Waals surface area contributed by atoms with E-state index in [0.29, 0.717) is 0 Å². The van der Waals surface area contributed by atoms with Gasteiger partial charge in [0.15, 0.2) is 0 Å². The number of alkyl halides is 3. The molecule has 72 valence electrons. The largest absolute Gasteiger partial charge is 0.411 e. The van der Waals surface area contributed by atoms with Crippen LogP contribution in [0.5, 0.6) is 0 Å². The third kappa shape index (κ3) is 5.93. The molecule has 0 aromatic carbocycles. The molecule has 0 bridgehead atoms. The SMILES string of the molecule is NC(=O)C(N)COCC(F)(F)F. The maximum Gasteiger partial charge on any atom is 0.411 e. The van der Waals surface area contributed by atoms with Gasteiger partial charge in [0.05, 0.1) is 6.61 Å². The highest BCUT2D eigenvalue weighted by Gasteiger charge is 2.27. The normalized spacial score (nSPS) is 14.3. The van der Waals surface area contributed by atoms with E-state index in [1.807, 2.05) is 0 Å². The molecule has 1 unspecified atom stereocenters. The summed E-state index contributed by atoms with van der Waals surface area (Å²) in [4.78, 5) is 10.2. The minimum absolute atomic E-state index is 0.519. The lowest BCUT2D eigenvalue weighted by Gasteiger charge is -2.09. The average molecular weight is 186 g/mol. The van der Waals surface area contributed by atoms with E-state index >= 15 is 0 Å². The lowest BCUT2D eigenvalue weighted by Crippen LogP contribution is -2.41. The molecular weight excluding hydrogens is 177 g/mol. The smallest absolute Gasteiger partial charge is 0.370 e. The van der Waals surface area contributed by atoms with E-state index in [2.05, 4.69) is 10.5 Å². The van der Waals surface area contributed by atoms with Crippen molar-refractivity contribution in [1.29, 1.82) is 0 Å². The zero-order valence-electron chi connectivity index (χ0n) is 6.10. The molecule has 0 aliphatic carbocycles. The number of hydrogen-bond donors (Lipinski definition) is 2. The molecule has 0 saturated heterocycles. The Morgan fingerprint density at radius 1 is 1.50 bits per heavy atom. The molecule has 0 fully saturated rings. The van der Waals surface area contributed by atoms with E-state index in [0.717, 1.165) is 0 Å². The lowest BCUT2D eigenvalue weighted by atomic mass is 10.3. The molecule has 4 nitrogen and oxygen atoms in total. The summed E-state index contributed by atoms with van der Waals surface area (Å²) in [7, 11) is 0. The van der Waals surface area contributed by atoms with Gasteiger partial charge in [0.25, 0.3) is 0 Å². The third-order valence-electron chi connectivity index (χ3n) is 0.929. The van der Waals surface area contributed by atoms with Gasteiger partial charge in [0.1, 0.15) is 12.6 Å². The van der Waals surface area contributed by atoms with Gasteiger partial charge in [0, 0.05) is 0 Å². The first-order valence-electron chi connectivity index (χ1n) is 3.02. The van der Waals surface area contributed by atoms with Crippen LogP contribution >= 0.6 is 0 Å². The lowest BCUT2D eigenvalue weighted by molar-refractivity contribution is -0.175. The Labute approximate surface area is 66.7 Å². The molecule has 0 saturated carbocycles. The minimum atomic E-state index is -4.41. The molecule has 4 N–H and O–H groups in total. The van der Waals surface area contributed by atoms with Gasteiger partial charge in [-0.2, -0.15) is 13.2 Å². The topological polar surface area (TPSA) is 78.3 Å². The number of primary amides is 1. The molecular formula is C5H9F3N2O2. The van der Waals surface area contributed by atoms with Gasteiger partial charge >= 0.3 is 6.18 Å². The fourth-order valence-corrected chi connectivity index (χ4v) is 0.384. The Morgan fingerprint density at radius 2 is 2.00 bits per heavy atom. The summed E-state index contributed by atoms with van der Waals surface area (Å²) in [6.45, 7) is -1.94. The van der Waals surface area contributed by atoms with E-state index in [9.17, 15) is 18.0 Å². The van der Waals surface area contributed by atoms with Crippen LogP contribution in [0.3, 0.4) is 0 Å². The summed E-state index contributed by atoms with van der Waals surface area (Å²) < 4.78 is 38.3. The molecule has 0 spiro atoms. The number of carbonyl (C=O) groups is 1. The second-order valence-electron chi connectivity index (χ2n) is 2.14. The Morgan fingerprint density at radius 3 is 2.33 bits per heavy atom. The van der Waals surface area contributed by atoms with Gasteiger partial charge in [-0.25, -0.2) is 0 Å². The number of hydrogen-bond acceptors (Lipinski definition) is 3. The maximum atomic E-state index is 11.4. The highest BCUT2D eigenvalue weighted by molar-refractivity contribution is 5.79. The number of halogens is 3. The van der Waals surface area contributed by atoms with Gasteiger partial charge in [-0.05, 0) is 0 Å². The quantitative estimate of drug-likeness (QED) is 0.614. The molecule has 12 heavy (non-hydrogen) atoms. The Hall–Kier alpha value is -0.820. The van der Waals surface area contributed by atoms with Crippen molar-refractivity contribution in [2.75, 3.05) is 13.2 Å². The predicted molar refractivity (Wildman–Crippen MR) is 34.0 cm³/mol. The van der Waals surface area contributed by atoms with Crippen molar-refractivity contribution >= 4 is 5.91 Å². The van der Waals surface area contributed by atoms with E-state index in [4.69, 9.17) is 5.73 Å². The number of ether oxygens (including phenoxy) is 1. The molecule has 0 radical (unpaired) electrons. The van der Waals surface area contributed by atoms with Crippen molar-refractivity contribution < 1.29 is 22.7 Å². The van der Waals surface area contributed by atoms with Crippen molar-refractivity contribution in [2.45, 2.75) is 12.2 Å². The fourth-order valence-electron chi connectivity index (χ4n) is 0.384. The number of amides is 1. The zero-order chi connectivity index (χ0) is 9.78. The van der Waals surface area contributed by atoms with Gasteiger partial charge in [-0.3, -0.25) is 4.79 Å². The van der Waals surface area contributed by atoms with Gasteiger partial charge < -0.3 is 16.2 Å². The van der Waals surface area contributed by atoms with Crippen LogP contribution in [-0.4, -0.2) is 31.3 Å². The van der Waals surface area contributed by atoms with Crippen LogP contribution in [-0.2, 0) is 9.53 Å². The molecule has 0 aliphatic heterocycles. The highest BCUT2D eigenvalue weighted by Crippen LogP contribution is 2.14. The van der Waals surface area contributed by atoms with Crippen LogP contribution in [0.25, 0.3) is 0 Å². The summed E-state index contributed by atoms with van der Waals surface area (Å²) in [5.74, 6) is -0.892. The van der Waals surface area contributed by atoms with Crippen LogP contribution < -0.4 is 11.5 Å². The van der Waals surface area contributed by atoms with Crippen LogP contribution in [0.4, 0.5) is 13.2 Å². The Bertz CT molecular complexity index is 159. The van der Waals surface area contributed by atoms with Crippen LogP contribution in [0, 0.1) is 0 Å². The van der Waals surface area contributed by atoms with Crippen molar-refractivity contribution in [3.8, 4) is 0 Å². The highest BCUT2D eigenvalue weighted by atomic mass is 19.4. The summed E-state index contributed by atoms with van der Waals surface area (Å²) in [5.41, 5.74) is 9.64. The van der Waals surface area contributed by atoms with Gasteiger partial charge in [-0.1, -0.05) is 0 Å². The summed E-state index contributed by atoms with van der Waals surface area (Å²) >= 11 is 0. The van der Waals surface area contributed by atoms with Gasteiger partial charge in [-0.15, -0.1) is 0 Å². The molecule has 0 aromatic heterocycles. The van der Waals surface area contributed by atoms with Crippen molar-refractivity contribution in [2.24, 2.45) is 11.5 Å². The Kier molecular flexibility index (Phi) is 3.98. The number of nitrogens with two attached hydrogens (primary N) is 2. The van der Waals surface area contributed by atoms with E-state index in [1.54, 1.807) is 0 Å². The predicted octanol–water partition coefficient (Wildman–Crippen LogP) is -0.622. The zero-order valence-corrected chi connectivity index (χ0v) is 6.10. The first-order valence-corrected chi connectivity index (χ1v) is 3.02. The molecule has 7 heteroatoms. The standard InChI is InChI=1S/C5H9F3N2O2/c6-5(7,8)2-12-1-3(9)4(10)11/h3H,1-2,9H2,(H2,10,11). The van der Waals surface area contributed by atoms with Crippen LogP contribution in [0.1, 0.15) is 0 Å². The maximum absolute atomic E-state index is 11.4. The van der Waals surface area contributed by atoms with Crippen LogP contribution in [0.15, 0.2) is 0 Å². The van der Waals surface area contributed by atoms with Crippen LogP contribution in [0.2, 0.25) is 0 Å². The van der Waals surface area contributed by atoms with Gasteiger partial charge in [0.2, 0.25) is 5.91 Å². The number of carbonyl (C=O) groups excluding carboxylic acids is 1. The third-order valence-corrected chi connectivity index (χ3v) is 0.929. The summed E-state index contributed by atoms with van der Waals surface area (Å²) in [6.07, 6.45) is -4.41. The van der Waals surface area contributed by atoms with E-state index in [-0.39, 0.29) is 0 Å². The van der Waals surface area contributed by atoms with E-state index in [1.165, 1.54) is 0 Å². The fraction of sp³-hybridized carbons (Fsp3) is 0.800. The summed E-state index contributed by atoms with van der Waals surface area (Å²) in [5, 5.41) is 0. The van der Waals surface area contributed by atoms with Crippen molar-refractivity contribution in [3.05, 3.63) is 0 Å². The first-order chi connectivity index (χ1) is 5.33. The molecule has 0 aliphatic rings. The molecule has 1 atom stereocenters. The summed E-state index contributed by atoms with van der Waals surface area (Å²) in [6, 6.07) is -1.19.